The molecule has 2 heterocycles. The second-order valence-corrected chi connectivity index (χ2v) is 10.6. The van der Waals surface area contributed by atoms with Gasteiger partial charge >= 0.3 is 0 Å². The molecule has 0 radical (unpaired) electrons. The Labute approximate surface area is 251 Å². The van der Waals surface area contributed by atoms with Crippen LogP contribution in [0, 0.1) is 0 Å². The minimum atomic E-state index is -0.455. The van der Waals surface area contributed by atoms with Gasteiger partial charge in [0.05, 0.1) is 44.9 Å². The average molecular weight is 588 g/mol. The van der Waals surface area contributed by atoms with Crippen LogP contribution < -0.4 is 19.5 Å². The van der Waals surface area contributed by atoms with Gasteiger partial charge in [0.2, 0.25) is 11.8 Å². The number of hydrogen-bond acceptors (Lipinski definition) is 7. The molecule has 3 aromatic carbocycles. The number of benzene rings is 3. The third-order valence-electron chi connectivity index (χ3n) is 7.34. The van der Waals surface area contributed by atoms with Gasteiger partial charge in [-0.3, -0.25) is 14.4 Å². The smallest absolute Gasteiger partial charge is 0.254 e. The van der Waals surface area contributed by atoms with Crippen LogP contribution in [0.2, 0.25) is 0 Å². The molecule has 0 aromatic heterocycles. The van der Waals surface area contributed by atoms with Crippen molar-refractivity contribution in [2.45, 2.75) is 38.5 Å². The minimum Gasteiger partial charge on any atom is -0.494 e. The summed E-state index contributed by atoms with van der Waals surface area (Å²) in [5.41, 5.74) is 1.23. The Hall–Kier alpha value is -4.57. The number of carbonyl (C=O) groups excluding carboxylic acids is 3. The van der Waals surface area contributed by atoms with Crippen molar-refractivity contribution in [1.82, 2.24) is 15.1 Å². The Morgan fingerprint density at radius 2 is 1.81 bits per heavy atom. The summed E-state index contributed by atoms with van der Waals surface area (Å²) in [6, 6.07) is 21.4. The first-order chi connectivity index (χ1) is 20.9. The van der Waals surface area contributed by atoms with Crippen molar-refractivity contribution in [3.63, 3.8) is 0 Å². The highest BCUT2D eigenvalue weighted by Gasteiger charge is 2.33. The van der Waals surface area contributed by atoms with Crippen LogP contribution in [-0.2, 0) is 20.9 Å². The normalized spacial score (nSPS) is 19.1. The maximum atomic E-state index is 13.4. The molecule has 0 aliphatic carbocycles. The van der Waals surface area contributed by atoms with Gasteiger partial charge in [0, 0.05) is 31.8 Å². The van der Waals surface area contributed by atoms with Crippen molar-refractivity contribution in [3.05, 3.63) is 83.9 Å². The average Bonchev–Trinajstić information content (AvgIpc) is 3.00. The molecule has 1 fully saturated rings. The third kappa shape index (κ3) is 8.04. The van der Waals surface area contributed by atoms with E-state index < -0.39 is 6.04 Å². The zero-order valence-electron chi connectivity index (χ0n) is 24.5. The molecule has 0 spiro atoms. The highest BCUT2D eigenvalue weighted by atomic mass is 16.5. The summed E-state index contributed by atoms with van der Waals surface area (Å²) in [4.78, 5) is 42.7. The molecule has 10 nitrogen and oxygen atoms in total. The molecule has 10 heteroatoms. The molecule has 226 valence electrons. The van der Waals surface area contributed by atoms with E-state index in [2.05, 4.69) is 5.32 Å². The quantitative estimate of drug-likeness (QED) is 0.464. The monoisotopic (exact) mass is 587 g/mol. The van der Waals surface area contributed by atoms with Gasteiger partial charge in [0.15, 0.2) is 0 Å². The molecular weight excluding hydrogens is 550 g/mol. The van der Waals surface area contributed by atoms with Crippen LogP contribution in [0.25, 0.3) is 0 Å². The van der Waals surface area contributed by atoms with Crippen molar-refractivity contribution in [2.75, 3.05) is 39.9 Å². The van der Waals surface area contributed by atoms with Crippen LogP contribution in [-0.4, -0.2) is 79.6 Å². The van der Waals surface area contributed by atoms with Crippen LogP contribution in [0.4, 0.5) is 0 Å². The van der Waals surface area contributed by atoms with E-state index in [-0.39, 0.29) is 43.4 Å². The molecule has 4 bridgehead atoms. The number of nitrogens with one attached hydrogen (secondary N) is 1. The molecule has 3 aromatic rings. The fraction of sp³-hybridized carbons (Fsp3) is 0.364. The fourth-order valence-corrected chi connectivity index (χ4v) is 5.23. The molecule has 1 N–H and O–H groups in total. The van der Waals surface area contributed by atoms with E-state index in [1.54, 1.807) is 30.1 Å². The molecule has 3 amide bonds. The molecule has 1 saturated heterocycles. The Morgan fingerprint density at radius 1 is 0.977 bits per heavy atom. The van der Waals surface area contributed by atoms with Gasteiger partial charge in [-0.2, -0.15) is 0 Å². The van der Waals surface area contributed by atoms with Crippen LogP contribution in [0.5, 0.6) is 23.0 Å². The number of likely N-dealkylation sites (tertiary alicyclic amines) is 1. The van der Waals surface area contributed by atoms with Gasteiger partial charge in [-0.25, -0.2) is 0 Å². The predicted octanol–water partition coefficient (Wildman–Crippen LogP) is 4.03. The number of piperidine rings is 1. The summed E-state index contributed by atoms with van der Waals surface area (Å²) in [5.74, 6) is 1.49. The van der Waals surface area contributed by atoms with Crippen molar-refractivity contribution in [2.24, 2.45) is 0 Å². The van der Waals surface area contributed by atoms with Crippen LogP contribution in [0.1, 0.15) is 35.7 Å². The SMILES string of the molecule is CCOc1cc2cc(c1)C(=O)N(C)CC(=O)N[C@H]1CN(C(=O)CCOc3ccccc3)CC[C@H]1OCc1cccc(c1)O2. The summed E-state index contributed by atoms with van der Waals surface area (Å²) in [7, 11) is 1.57. The van der Waals surface area contributed by atoms with Crippen molar-refractivity contribution < 1.29 is 33.3 Å². The first kappa shape index (κ1) is 29.9. The number of nitrogens with zero attached hydrogens (tertiary/aromatic N) is 2. The lowest BCUT2D eigenvalue weighted by atomic mass is 10.0. The van der Waals surface area contributed by atoms with Gasteiger partial charge in [-0.15, -0.1) is 0 Å². The van der Waals surface area contributed by atoms with Gasteiger partial charge in [-0.05, 0) is 55.3 Å². The van der Waals surface area contributed by atoms with E-state index in [4.69, 9.17) is 18.9 Å². The van der Waals surface area contributed by atoms with Crippen LogP contribution in [0.15, 0.2) is 72.8 Å². The van der Waals surface area contributed by atoms with Gasteiger partial charge in [0.25, 0.3) is 5.91 Å². The van der Waals surface area contributed by atoms with Crippen molar-refractivity contribution >= 4 is 17.7 Å². The Balaban J connectivity index is 1.32. The summed E-state index contributed by atoms with van der Waals surface area (Å²) in [6.45, 7) is 3.46. The number of fused-ring (bicyclic) bond motifs is 5. The summed E-state index contributed by atoms with van der Waals surface area (Å²) < 4.78 is 23.8. The van der Waals surface area contributed by atoms with E-state index in [1.165, 1.54) is 4.90 Å². The number of likely N-dealkylation sites (N-methyl/N-ethyl adjacent to an activating group) is 1. The number of amides is 3. The third-order valence-corrected chi connectivity index (χ3v) is 7.34. The molecule has 2 aliphatic heterocycles. The number of carbonyl (C=O) groups is 3. The first-order valence-corrected chi connectivity index (χ1v) is 14.5. The van der Waals surface area contributed by atoms with Crippen LogP contribution in [0.3, 0.4) is 0 Å². The van der Waals surface area contributed by atoms with E-state index >= 15 is 0 Å². The fourth-order valence-electron chi connectivity index (χ4n) is 5.23. The maximum absolute atomic E-state index is 13.4. The van der Waals surface area contributed by atoms with Gasteiger partial charge < -0.3 is 34.1 Å². The minimum absolute atomic E-state index is 0.0575. The molecule has 5 rings (SSSR count). The van der Waals surface area contributed by atoms with Gasteiger partial charge in [-0.1, -0.05) is 30.3 Å². The molecule has 2 aliphatic rings. The van der Waals surface area contributed by atoms with E-state index in [0.29, 0.717) is 61.3 Å². The highest BCUT2D eigenvalue weighted by Crippen LogP contribution is 2.29. The molecule has 0 saturated carbocycles. The number of hydrogen-bond donors (Lipinski definition) is 1. The van der Waals surface area contributed by atoms with E-state index in [1.807, 2.05) is 61.5 Å². The highest BCUT2D eigenvalue weighted by molar-refractivity contribution is 5.97. The largest absolute Gasteiger partial charge is 0.494 e. The Kier molecular flexibility index (Phi) is 9.78. The number of rotatable bonds is 6. The Morgan fingerprint density at radius 3 is 2.63 bits per heavy atom. The first-order valence-electron chi connectivity index (χ1n) is 14.5. The zero-order valence-corrected chi connectivity index (χ0v) is 24.5. The van der Waals surface area contributed by atoms with Gasteiger partial charge in [0.1, 0.15) is 23.0 Å². The number of para-hydroxylation sites is 1. The van der Waals surface area contributed by atoms with E-state index in [9.17, 15) is 14.4 Å². The molecular formula is C33H37N3O7. The van der Waals surface area contributed by atoms with E-state index in [0.717, 1.165) is 5.56 Å². The van der Waals surface area contributed by atoms with Crippen molar-refractivity contribution in [1.29, 1.82) is 0 Å². The predicted molar refractivity (Wildman–Crippen MR) is 159 cm³/mol. The molecule has 2 atom stereocenters. The molecule has 0 unspecified atom stereocenters. The lowest BCUT2D eigenvalue weighted by Crippen LogP contribution is -2.58. The Bertz CT molecular complexity index is 1430. The number of ether oxygens (including phenoxy) is 4. The summed E-state index contributed by atoms with van der Waals surface area (Å²) in [6.07, 6.45) is 0.438. The summed E-state index contributed by atoms with van der Waals surface area (Å²) in [5, 5.41) is 3.03. The van der Waals surface area contributed by atoms with Crippen LogP contribution >= 0.6 is 0 Å². The lowest BCUT2D eigenvalue weighted by Gasteiger charge is -2.39. The maximum Gasteiger partial charge on any atom is 0.254 e. The second-order valence-electron chi connectivity index (χ2n) is 10.6. The lowest BCUT2D eigenvalue weighted by molar-refractivity contribution is -0.137. The standard InChI is InChI=1S/C33H37N3O7/c1-3-40-27-17-24-18-28(19-27)43-26-11-7-8-23(16-26)22-42-30-12-14-36(20-29(30)34-31(37)21-35(2)33(24)39)32(38)13-15-41-25-9-5-4-6-10-25/h4-11,16-19,29-30H,3,12-15,20-22H2,1-2H3,(H,34,37)/t29-,30+/m0/s1. The molecule has 43 heavy (non-hydrogen) atoms. The second kappa shape index (κ2) is 14.1. The summed E-state index contributed by atoms with van der Waals surface area (Å²) >= 11 is 0. The zero-order chi connectivity index (χ0) is 30.2. The topological polar surface area (TPSA) is 107 Å². The van der Waals surface area contributed by atoms with Crippen molar-refractivity contribution in [3.8, 4) is 23.0 Å².